The van der Waals surface area contributed by atoms with Gasteiger partial charge in [0.1, 0.15) is 0 Å². The van der Waals surface area contributed by atoms with Crippen LogP contribution in [-0.2, 0) is 24.2 Å². The molecule has 1 aromatic heterocycles. The fraction of sp³-hybridized carbons (Fsp3) is 0.560. The summed E-state index contributed by atoms with van der Waals surface area (Å²) in [4.78, 5) is 25.2. The minimum absolute atomic E-state index is 0.00778. The summed E-state index contributed by atoms with van der Waals surface area (Å²) >= 11 is 0. The van der Waals surface area contributed by atoms with Gasteiger partial charge in [0, 0.05) is 30.9 Å². The van der Waals surface area contributed by atoms with Crippen molar-refractivity contribution in [2.75, 3.05) is 26.7 Å². The van der Waals surface area contributed by atoms with Gasteiger partial charge in [0.25, 0.3) is 12.4 Å². The van der Waals surface area contributed by atoms with Gasteiger partial charge in [0.05, 0.1) is 17.8 Å². The summed E-state index contributed by atoms with van der Waals surface area (Å²) < 4.78 is 0. The molecule has 3 N–H and O–H groups in total. The zero-order valence-electron chi connectivity index (χ0n) is 19.7. The van der Waals surface area contributed by atoms with Crippen molar-refractivity contribution in [3.8, 4) is 0 Å². The molecule has 1 fully saturated rings. The van der Waals surface area contributed by atoms with Gasteiger partial charge in [-0.1, -0.05) is 24.1 Å². The van der Waals surface area contributed by atoms with Crippen molar-refractivity contribution in [3.63, 3.8) is 0 Å². The van der Waals surface area contributed by atoms with E-state index in [2.05, 4.69) is 15.1 Å². The molecule has 1 amide bonds. The van der Waals surface area contributed by atoms with Gasteiger partial charge < -0.3 is 15.1 Å². The normalized spacial score (nSPS) is 20.4. The van der Waals surface area contributed by atoms with E-state index in [9.17, 15) is 9.90 Å². The van der Waals surface area contributed by atoms with Crippen molar-refractivity contribution < 1.29 is 19.8 Å². The average Bonchev–Trinajstić information content (AvgIpc) is 2.99. The molecule has 0 radical (unpaired) electrons. The Labute approximate surface area is 195 Å². The standard InChI is InChI=1S/C24H34N4O2.CH2O2/c1-18-9-11-19(12-10-18)23(29)28-14-6-13-24(30,17-28)16-27(2)15-22-20-7-4-3-5-8-21(20)25-26-22;2-1-3/h9-12,30H,3-8,13-17H2,1-2H3,(H,25,26);1H,(H,2,3). The lowest BCUT2D eigenvalue weighted by Crippen LogP contribution is -2.55. The first kappa shape index (κ1) is 24.9. The number of fused-ring (bicyclic) bond motifs is 1. The van der Waals surface area contributed by atoms with E-state index in [4.69, 9.17) is 9.90 Å². The zero-order valence-corrected chi connectivity index (χ0v) is 19.7. The van der Waals surface area contributed by atoms with Crippen LogP contribution in [0.1, 0.15) is 65.0 Å². The third kappa shape index (κ3) is 6.65. The lowest BCUT2D eigenvalue weighted by atomic mass is 9.91. The summed E-state index contributed by atoms with van der Waals surface area (Å²) in [6, 6.07) is 7.68. The predicted molar refractivity (Wildman–Crippen MR) is 126 cm³/mol. The lowest BCUT2D eigenvalue weighted by molar-refractivity contribution is -0.122. The molecule has 33 heavy (non-hydrogen) atoms. The van der Waals surface area contributed by atoms with Gasteiger partial charge in [-0.25, -0.2) is 0 Å². The Kier molecular flexibility index (Phi) is 8.63. The van der Waals surface area contributed by atoms with Crippen molar-refractivity contribution >= 4 is 12.4 Å². The maximum Gasteiger partial charge on any atom is 0.290 e. The summed E-state index contributed by atoms with van der Waals surface area (Å²) in [6.07, 6.45) is 7.46. The molecule has 180 valence electrons. The van der Waals surface area contributed by atoms with E-state index in [1.807, 2.05) is 43.1 Å². The molecule has 1 aromatic carbocycles. The Balaban J connectivity index is 0.000000968. The maximum absolute atomic E-state index is 12.9. The van der Waals surface area contributed by atoms with Crippen LogP contribution in [0.15, 0.2) is 24.3 Å². The minimum atomic E-state index is -0.888. The number of carbonyl (C=O) groups excluding carboxylic acids is 1. The van der Waals surface area contributed by atoms with Crippen molar-refractivity contribution in [1.82, 2.24) is 20.0 Å². The minimum Gasteiger partial charge on any atom is -0.483 e. The van der Waals surface area contributed by atoms with Crippen LogP contribution in [0.4, 0.5) is 0 Å². The molecular weight excluding hydrogens is 420 g/mol. The third-order valence-corrected chi connectivity index (χ3v) is 6.52. The molecule has 0 spiro atoms. The SMILES string of the molecule is Cc1ccc(C(=O)N2CCCC(O)(CN(C)Cc3n[nH]c4c3CCCCC4)C2)cc1.O=CO. The van der Waals surface area contributed by atoms with Crippen molar-refractivity contribution in [2.45, 2.75) is 64.0 Å². The van der Waals surface area contributed by atoms with Crippen LogP contribution in [-0.4, -0.2) is 74.9 Å². The molecule has 2 aliphatic rings. The second-order valence-electron chi connectivity index (χ2n) is 9.39. The van der Waals surface area contributed by atoms with Crippen LogP contribution in [0.2, 0.25) is 0 Å². The summed E-state index contributed by atoms with van der Waals surface area (Å²) in [6.45, 7) is 4.10. The topological polar surface area (TPSA) is 110 Å². The van der Waals surface area contributed by atoms with E-state index >= 15 is 0 Å². The molecule has 1 aliphatic carbocycles. The van der Waals surface area contributed by atoms with Crippen LogP contribution in [0.5, 0.6) is 0 Å². The number of carboxylic acid groups (broad SMARTS) is 1. The highest BCUT2D eigenvalue weighted by Gasteiger charge is 2.36. The number of β-amino-alcohol motifs (C(OH)–C–C–N with tert-alkyl or cyclic N) is 1. The highest BCUT2D eigenvalue weighted by atomic mass is 16.3. The third-order valence-electron chi connectivity index (χ3n) is 6.52. The molecular formula is C25H36N4O4. The van der Waals surface area contributed by atoms with Gasteiger partial charge in [-0.2, -0.15) is 5.10 Å². The fourth-order valence-electron chi connectivity index (χ4n) is 4.96. The Morgan fingerprint density at radius 3 is 2.64 bits per heavy atom. The highest BCUT2D eigenvalue weighted by molar-refractivity contribution is 5.94. The number of benzene rings is 1. The zero-order chi connectivity index (χ0) is 23.8. The Morgan fingerprint density at radius 1 is 1.21 bits per heavy atom. The number of H-pyrrole nitrogens is 1. The van der Waals surface area contributed by atoms with Gasteiger partial charge in [-0.3, -0.25) is 19.6 Å². The summed E-state index contributed by atoms with van der Waals surface area (Å²) in [7, 11) is 2.04. The second kappa shape index (κ2) is 11.4. The van der Waals surface area contributed by atoms with Gasteiger partial charge >= 0.3 is 0 Å². The van der Waals surface area contributed by atoms with Gasteiger partial charge in [0.2, 0.25) is 0 Å². The maximum atomic E-state index is 12.9. The summed E-state index contributed by atoms with van der Waals surface area (Å²) in [5.41, 5.74) is 4.73. The first-order valence-electron chi connectivity index (χ1n) is 11.7. The van der Waals surface area contributed by atoms with E-state index in [1.54, 1.807) is 0 Å². The molecule has 1 aliphatic heterocycles. The van der Waals surface area contributed by atoms with Crippen molar-refractivity contribution in [2.24, 2.45) is 0 Å². The number of nitrogens with one attached hydrogen (secondary N) is 1. The first-order valence-corrected chi connectivity index (χ1v) is 11.7. The molecule has 1 saturated heterocycles. The number of nitrogens with zero attached hydrogens (tertiary/aromatic N) is 3. The number of likely N-dealkylation sites (tertiary alicyclic amines) is 1. The number of hydrogen-bond donors (Lipinski definition) is 3. The molecule has 2 aromatic rings. The Bertz CT molecular complexity index is 927. The number of carbonyl (C=O) groups is 2. The molecule has 1 unspecified atom stereocenters. The molecule has 8 heteroatoms. The fourth-order valence-corrected chi connectivity index (χ4v) is 4.96. The van der Waals surface area contributed by atoms with Crippen LogP contribution in [0.25, 0.3) is 0 Å². The lowest BCUT2D eigenvalue weighted by Gasteiger charge is -2.41. The summed E-state index contributed by atoms with van der Waals surface area (Å²) in [5.74, 6) is 0.00778. The number of aryl methyl sites for hydroxylation is 2. The Morgan fingerprint density at radius 2 is 1.91 bits per heavy atom. The molecule has 2 heterocycles. The molecule has 1 atom stereocenters. The van der Waals surface area contributed by atoms with Crippen molar-refractivity contribution in [1.29, 1.82) is 0 Å². The van der Waals surface area contributed by atoms with E-state index in [-0.39, 0.29) is 12.4 Å². The molecule has 0 saturated carbocycles. The largest absolute Gasteiger partial charge is 0.483 e. The number of rotatable bonds is 5. The van der Waals surface area contributed by atoms with Crippen LogP contribution in [0.3, 0.4) is 0 Å². The Hall–Kier alpha value is -2.71. The summed E-state index contributed by atoms with van der Waals surface area (Å²) in [5, 5.41) is 26.0. The predicted octanol–water partition coefficient (Wildman–Crippen LogP) is 2.79. The molecule has 4 rings (SSSR count). The highest BCUT2D eigenvalue weighted by Crippen LogP contribution is 2.26. The van der Waals surface area contributed by atoms with E-state index < -0.39 is 5.60 Å². The first-order chi connectivity index (χ1) is 15.8. The monoisotopic (exact) mass is 456 g/mol. The quantitative estimate of drug-likeness (QED) is 0.471. The number of hydrogen-bond acceptors (Lipinski definition) is 5. The van der Waals surface area contributed by atoms with Gasteiger partial charge in [-0.15, -0.1) is 0 Å². The van der Waals surface area contributed by atoms with Gasteiger partial charge in [-0.05, 0) is 70.2 Å². The number of aromatic nitrogens is 2. The van der Waals surface area contributed by atoms with E-state index in [0.29, 0.717) is 31.6 Å². The van der Waals surface area contributed by atoms with Crippen LogP contribution >= 0.6 is 0 Å². The number of piperidine rings is 1. The van der Waals surface area contributed by atoms with Crippen LogP contribution in [0, 0.1) is 6.92 Å². The number of amides is 1. The second-order valence-corrected chi connectivity index (χ2v) is 9.39. The van der Waals surface area contributed by atoms with Gasteiger partial charge in [0.15, 0.2) is 0 Å². The van der Waals surface area contributed by atoms with Crippen molar-refractivity contribution in [3.05, 3.63) is 52.3 Å². The number of aliphatic hydroxyl groups is 1. The van der Waals surface area contributed by atoms with E-state index in [1.165, 1.54) is 30.5 Å². The average molecular weight is 457 g/mol. The van der Waals surface area contributed by atoms with Crippen LogP contribution < -0.4 is 0 Å². The van der Waals surface area contributed by atoms with E-state index in [0.717, 1.165) is 37.1 Å². The molecule has 8 nitrogen and oxygen atoms in total. The number of likely N-dealkylation sites (N-methyl/N-ethyl adjacent to an activating group) is 1. The smallest absolute Gasteiger partial charge is 0.290 e. The molecule has 0 bridgehead atoms. The number of aromatic amines is 1.